The van der Waals surface area contributed by atoms with E-state index in [1.807, 2.05) is 65.5 Å². The van der Waals surface area contributed by atoms with Gasteiger partial charge in [0.05, 0.1) is 5.25 Å². The fraction of sp³-hybridized carbons (Fsp3) is 0.133. The summed E-state index contributed by atoms with van der Waals surface area (Å²) in [5.41, 5.74) is 1.10. The SMILES string of the molecule is O=C(O)C(CC=Cc1ccccc1)[SH]1C=CC=C1. The Morgan fingerprint density at radius 3 is 2.50 bits per heavy atom. The van der Waals surface area contributed by atoms with Gasteiger partial charge in [-0.15, -0.1) is 0 Å². The van der Waals surface area contributed by atoms with E-state index in [9.17, 15) is 9.90 Å². The summed E-state index contributed by atoms with van der Waals surface area (Å²) >= 11 is 0. The maximum absolute atomic E-state index is 11.2. The van der Waals surface area contributed by atoms with Gasteiger partial charge in [-0.2, -0.15) is 10.9 Å². The molecule has 18 heavy (non-hydrogen) atoms. The molecule has 0 radical (unpaired) electrons. The Morgan fingerprint density at radius 2 is 1.89 bits per heavy atom. The summed E-state index contributed by atoms with van der Waals surface area (Å²) in [5, 5.41) is 12.9. The van der Waals surface area contributed by atoms with Crippen LogP contribution in [0.15, 0.2) is 59.4 Å². The molecule has 0 spiro atoms. The number of hydrogen-bond donors (Lipinski definition) is 2. The molecular formula is C15H16O2S. The lowest BCUT2D eigenvalue weighted by Gasteiger charge is -2.18. The molecule has 1 aromatic carbocycles. The van der Waals surface area contributed by atoms with Crippen LogP contribution in [-0.4, -0.2) is 16.3 Å². The van der Waals surface area contributed by atoms with E-state index in [0.29, 0.717) is 6.42 Å². The Morgan fingerprint density at radius 1 is 1.22 bits per heavy atom. The highest BCUT2D eigenvalue weighted by Gasteiger charge is 2.21. The summed E-state index contributed by atoms with van der Waals surface area (Å²) in [5.74, 6) is -0.713. The van der Waals surface area contributed by atoms with Crippen molar-refractivity contribution in [1.29, 1.82) is 0 Å². The van der Waals surface area contributed by atoms with Gasteiger partial charge < -0.3 is 5.11 Å². The summed E-state index contributed by atoms with van der Waals surface area (Å²) in [6.07, 6.45) is 8.38. The number of hydrogen-bond acceptors (Lipinski definition) is 1. The van der Waals surface area contributed by atoms with Gasteiger partial charge in [0.1, 0.15) is 0 Å². The number of carboxylic acid groups (broad SMARTS) is 1. The van der Waals surface area contributed by atoms with E-state index in [1.165, 1.54) is 0 Å². The lowest BCUT2D eigenvalue weighted by Crippen LogP contribution is -2.17. The van der Waals surface area contributed by atoms with Crippen molar-refractivity contribution in [3.05, 3.63) is 64.9 Å². The number of carboxylic acids is 1. The van der Waals surface area contributed by atoms with Crippen LogP contribution in [-0.2, 0) is 4.79 Å². The maximum Gasteiger partial charge on any atom is 0.315 e. The molecule has 1 unspecified atom stereocenters. The van der Waals surface area contributed by atoms with Crippen LogP contribution >= 0.6 is 10.9 Å². The zero-order valence-electron chi connectivity index (χ0n) is 9.94. The van der Waals surface area contributed by atoms with Gasteiger partial charge in [0.15, 0.2) is 0 Å². The van der Waals surface area contributed by atoms with E-state index in [2.05, 4.69) is 0 Å². The number of allylic oxidation sites excluding steroid dienone is 3. The topological polar surface area (TPSA) is 37.3 Å². The van der Waals surface area contributed by atoms with E-state index in [-0.39, 0.29) is 5.25 Å². The molecule has 1 aromatic rings. The largest absolute Gasteiger partial charge is 0.480 e. The van der Waals surface area contributed by atoms with Crippen molar-refractivity contribution in [2.75, 3.05) is 0 Å². The molecule has 1 atom stereocenters. The average molecular weight is 260 g/mol. The third-order valence-electron chi connectivity index (χ3n) is 2.74. The molecule has 0 amide bonds. The van der Waals surface area contributed by atoms with Crippen molar-refractivity contribution in [1.82, 2.24) is 0 Å². The Labute approximate surface area is 110 Å². The molecule has 0 bridgehead atoms. The maximum atomic E-state index is 11.2. The van der Waals surface area contributed by atoms with Crippen LogP contribution < -0.4 is 0 Å². The molecule has 3 heteroatoms. The molecule has 0 saturated heterocycles. The van der Waals surface area contributed by atoms with E-state index in [0.717, 1.165) is 5.56 Å². The number of carbonyl (C=O) groups is 1. The second kappa shape index (κ2) is 6.26. The minimum Gasteiger partial charge on any atom is -0.480 e. The Bertz CT molecular complexity index is 476. The van der Waals surface area contributed by atoms with Crippen LogP contribution in [0.3, 0.4) is 0 Å². The van der Waals surface area contributed by atoms with Crippen LogP contribution in [0.1, 0.15) is 12.0 Å². The highest BCUT2D eigenvalue weighted by molar-refractivity contribution is 8.23. The van der Waals surface area contributed by atoms with E-state index in [4.69, 9.17) is 0 Å². The van der Waals surface area contributed by atoms with Gasteiger partial charge in [-0.05, 0) is 22.8 Å². The van der Waals surface area contributed by atoms with E-state index >= 15 is 0 Å². The summed E-state index contributed by atoms with van der Waals surface area (Å²) in [6, 6.07) is 9.93. The lowest BCUT2D eigenvalue weighted by molar-refractivity contribution is -0.136. The Kier molecular flexibility index (Phi) is 4.42. The molecule has 0 fully saturated rings. The quantitative estimate of drug-likeness (QED) is 0.794. The molecule has 2 nitrogen and oxygen atoms in total. The van der Waals surface area contributed by atoms with Gasteiger partial charge in [-0.25, -0.2) is 0 Å². The first-order valence-electron chi connectivity index (χ1n) is 5.84. The predicted molar refractivity (Wildman–Crippen MR) is 78.8 cm³/mol. The summed E-state index contributed by atoms with van der Waals surface area (Å²) < 4.78 is 0. The average Bonchev–Trinajstić information content (AvgIpc) is 2.89. The molecule has 0 aliphatic carbocycles. The monoisotopic (exact) mass is 260 g/mol. The molecule has 0 saturated carbocycles. The minimum atomic E-state index is -0.713. The van der Waals surface area contributed by atoms with Gasteiger partial charge in [0.25, 0.3) is 0 Å². The molecule has 1 aliphatic heterocycles. The zero-order chi connectivity index (χ0) is 12.8. The second-order valence-electron chi connectivity index (χ2n) is 4.03. The van der Waals surface area contributed by atoms with Crippen molar-refractivity contribution >= 4 is 22.9 Å². The Hall–Kier alpha value is -1.74. The van der Waals surface area contributed by atoms with E-state index < -0.39 is 16.9 Å². The first kappa shape index (κ1) is 12.7. The standard InChI is InChI=1S/C15H16O2S/c16-15(17)14(18-11-4-5-12-18)10-6-9-13-7-2-1-3-8-13/h1-9,11-12,14,18H,10H2,(H,16,17). The van der Waals surface area contributed by atoms with Crippen molar-refractivity contribution in [2.45, 2.75) is 11.7 Å². The van der Waals surface area contributed by atoms with Gasteiger partial charge in [-0.3, -0.25) is 4.79 Å². The van der Waals surface area contributed by atoms with Crippen molar-refractivity contribution < 1.29 is 9.90 Å². The van der Waals surface area contributed by atoms with Crippen molar-refractivity contribution in [3.8, 4) is 0 Å². The molecule has 1 heterocycles. The van der Waals surface area contributed by atoms with Gasteiger partial charge >= 0.3 is 5.97 Å². The molecule has 2 rings (SSSR count). The minimum absolute atomic E-state index is 0.310. The van der Waals surface area contributed by atoms with E-state index in [1.54, 1.807) is 0 Å². The van der Waals surface area contributed by atoms with Crippen molar-refractivity contribution in [2.24, 2.45) is 0 Å². The van der Waals surface area contributed by atoms with Crippen LogP contribution in [0.25, 0.3) is 6.08 Å². The fourth-order valence-electron chi connectivity index (χ4n) is 1.80. The highest BCUT2D eigenvalue weighted by atomic mass is 32.2. The molecule has 1 aliphatic rings. The number of benzene rings is 1. The number of rotatable bonds is 5. The van der Waals surface area contributed by atoms with Crippen LogP contribution in [0.4, 0.5) is 0 Å². The molecule has 94 valence electrons. The normalized spacial score (nSPS) is 17.4. The van der Waals surface area contributed by atoms with Crippen LogP contribution in [0, 0.1) is 0 Å². The van der Waals surface area contributed by atoms with Crippen LogP contribution in [0.2, 0.25) is 0 Å². The molecular weight excluding hydrogens is 244 g/mol. The first-order valence-corrected chi connectivity index (χ1v) is 7.39. The number of aliphatic carboxylic acids is 1. The second-order valence-corrected chi connectivity index (χ2v) is 6.15. The third-order valence-corrected chi connectivity index (χ3v) is 4.93. The highest BCUT2D eigenvalue weighted by Crippen LogP contribution is 2.40. The van der Waals surface area contributed by atoms with Gasteiger partial charge in [0.2, 0.25) is 0 Å². The van der Waals surface area contributed by atoms with Crippen LogP contribution in [0.5, 0.6) is 0 Å². The number of thiol groups is 1. The summed E-state index contributed by atoms with van der Waals surface area (Å²) in [4.78, 5) is 11.2. The Balaban J connectivity index is 1.98. The fourth-order valence-corrected chi connectivity index (χ4v) is 3.53. The predicted octanol–water partition coefficient (Wildman–Crippen LogP) is 3.59. The first-order chi connectivity index (χ1) is 8.77. The molecule has 1 N–H and O–H groups in total. The van der Waals surface area contributed by atoms with Gasteiger partial charge in [-0.1, -0.05) is 54.6 Å². The lowest BCUT2D eigenvalue weighted by atomic mass is 10.2. The zero-order valence-corrected chi connectivity index (χ0v) is 10.8. The summed E-state index contributed by atoms with van der Waals surface area (Å²) in [7, 11) is -0.640. The van der Waals surface area contributed by atoms with Gasteiger partial charge in [0, 0.05) is 0 Å². The third kappa shape index (κ3) is 3.37. The summed E-state index contributed by atoms with van der Waals surface area (Å²) in [6.45, 7) is 0. The smallest absolute Gasteiger partial charge is 0.315 e. The molecule has 0 aromatic heterocycles. The van der Waals surface area contributed by atoms with Crippen molar-refractivity contribution in [3.63, 3.8) is 0 Å².